The molecule has 3 aromatic heterocycles. The van der Waals surface area contributed by atoms with Gasteiger partial charge in [0, 0.05) is 17.6 Å². The summed E-state index contributed by atoms with van der Waals surface area (Å²) < 4.78 is 6.63. The lowest BCUT2D eigenvalue weighted by Crippen LogP contribution is -2.22. The number of nitrogens with one attached hydrogen (secondary N) is 1. The average molecular weight is 536 g/mol. The molecule has 3 heterocycles. The van der Waals surface area contributed by atoms with Crippen molar-refractivity contribution in [1.29, 1.82) is 0 Å². The van der Waals surface area contributed by atoms with Crippen molar-refractivity contribution < 1.29 is 9.53 Å². The van der Waals surface area contributed by atoms with Gasteiger partial charge < -0.3 is 4.74 Å². The average Bonchev–Trinajstić information content (AvgIpc) is 3.47. The van der Waals surface area contributed by atoms with Crippen LogP contribution in [-0.2, 0) is 16.1 Å². The summed E-state index contributed by atoms with van der Waals surface area (Å²) in [5, 5.41) is 12.8. The number of para-hydroxylation sites is 1. The van der Waals surface area contributed by atoms with Gasteiger partial charge >= 0.3 is 0 Å². The van der Waals surface area contributed by atoms with Gasteiger partial charge in [0.05, 0.1) is 16.8 Å². The van der Waals surface area contributed by atoms with E-state index in [-0.39, 0.29) is 17.2 Å². The van der Waals surface area contributed by atoms with E-state index in [0.717, 1.165) is 16.0 Å². The third-order valence-corrected chi connectivity index (χ3v) is 8.01. The van der Waals surface area contributed by atoms with Crippen LogP contribution in [0.4, 0.5) is 5.13 Å². The zero-order valence-corrected chi connectivity index (χ0v) is 21.9. The van der Waals surface area contributed by atoms with Gasteiger partial charge in [0.2, 0.25) is 11.0 Å². The summed E-state index contributed by atoms with van der Waals surface area (Å²) in [5.74, 6) is -0.207. The van der Waals surface area contributed by atoms with E-state index in [1.54, 1.807) is 11.7 Å². The van der Waals surface area contributed by atoms with Gasteiger partial charge in [-0.15, -0.1) is 21.5 Å². The number of rotatable bonds is 8. The van der Waals surface area contributed by atoms with Crippen LogP contribution in [0, 0.1) is 6.92 Å². The minimum absolute atomic E-state index is 0.0554. The van der Waals surface area contributed by atoms with E-state index >= 15 is 0 Å². The van der Waals surface area contributed by atoms with E-state index in [1.807, 2.05) is 67.6 Å². The lowest BCUT2D eigenvalue weighted by molar-refractivity contribution is -0.113. The maximum Gasteiger partial charge on any atom is 0.268 e. The predicted molar refractivity (Wildman–Crippen MR) is 145 cm³/mol. The molecule has 0 unspecified atom stereocenters. The number of thioether (sulfide) groups is 1. The molecule has 0 saturated carbocycles. The van der Waals surface area contributed by atoms with Crippen molar-refractivity contribution in [2.45, 2.75) is 18.7 Å². The molecular formula is C25H21N5O3S3. The minimum Gasteiger partial charge on any atom is -0.377 e. The number of hydrogen-bond acceptors (Lipinski definition) is 9. The summed E-state index contributed by atoms with van der Waals surface area (Å²) in [4.78, 5) is 33.1. The van der Waals surface area contributed by atoms with E-state index in [0.29, 0.717) is 37.8 Å². The van der Waals surface area contributed by atoms with Gasteiger partial charge in [-0.25, -0.2) is 4.98 Å². The summed E-state index contributed by atoms with van der Waals surface area (Å²) in [6.45, 7) is 2.34. The number of ether oxygens (including phenoxy) is 1. The Kier molecular flexibility index (Phi) is 7.23. The Labute approximate surface area is 219 Å². The molecule has 0 atom stereocenters. The third kappa shape index (κ3) is 4.96. The maximum absolute atomic E-state index is 13.9. The van der Waals surface area contributed by atoms with Crippen molar-refractivity contribution in [2.75, 3.05) is 18.2 Å². The number of carbonyl (C=O) groups excluding carboxylic acids is 1. The van der Waals surface area contributed by atoms with Gasteiger partial charge in [0.25, 0.3) is 5.56 Å². The van der Waals surface area contributed by atoms with Crippen LogP contribution in [0.25, 0.3) is 27.0 Å². The lowest BCUT2D eigenvalue weighted by atomic mass is 10.0. The topological polar surface area (TPSA) is 99.0 Å². The first kappa shape index (κ1) is 24.3. The summed E-state index contributed by atoms with van der Waals surface area (Å²) in [6.07, 6.45) is 0. The molecule has 0 aliphatic rings. The number of thiophene rings is 1. The number of carbonyl (C=O) groups is 1. The molecule has 5 rings (SSSR count). The van der Waals surface area contributed by atoms with Gasteiger partial charge in [0.15, 0.2) is 5.16 Å². The highest BCUT2D eigenvalue weighted by Crippen LogP contribution is 2.37. The molecule has 0 radical (unpaired) electrons. The van der Waals surface area contributed by atoms with E-state index < -0.39 is 0 Å². The highest BCUT2D eigenvalue weighted by molar-refractivity contribution is 7.99. The first-order valence-corrected chi connectivity index (χ1v) is 13.6. The van der Waals surface area contributed by atoms with Crippen LogP contribution in [0.1, 0.15) is 9.88 Å². The van der Waals surface area contributed by atoms with Gasteiger partial charge in [-0.2, -0.15) is 0 Å². The number of hydrogen-bond donors (Lipinski definition) is 1. The van der Waals surface area contributed by atoms with Crippen LogP contribution in [0.3, 0.4) is 0 Å². The van der Waals surface area contributed by atoms with Crippen LogP contribution in [0.5, 0.6) is 0 Å². The number of aromatic nitrogens is 4. The van der Waals surface area contributed by atoms with Crippen LogP contribution in [-0.4, -0.2) is 38.5 Å². The van der Waals surface area contributed by atoms with Gasteiger partial charge in [0.1, 0.15) is 16.4 Å². The molecule has 11 heteroatoms. The van der Waals surface area contributed by atoms with E-state index in [4.69, 9.17) is 9.72 Å². The zero-order valence-electron chi connectivity index (χ0n) is 19.4. The van der Waals surface area contributed by atoms with Crippen molar-refractivity contribution in [3.05, 3.63) is 80.9 Å². The fourth-order valence-corrected chi connectivity index (χ4v) is 6.40. The van der Waals surface area contributed by atoms with E-state index in [2.05, 4.69) is 15.5 Å². The van der Waals surface area contributed by atoms with E-state index in [1.165, 1.54) is 34.4 Å². The Morgan fingerprint density at radius 3 is 2.50 bits per heavy atom. The first-order chi connectivity index (χ1) is 17.5. The molecule has 0 bridgehead atoms. The van der Waals surface area contributed by atoms with E-state index in [9.17, 15) is 9.59 Å². The Balaban J connectivity index is 1.52. The Morgan fingerprint density at radius 2 is 1.78 bits per heavy atom. The van der Waals surface area contributed by atoms with Crippen molar-refractivity contribution in [1.82, 2.24) is 19.7 Å². The van der Waals surface area contributed by atoms with Crippen molar-refractivity contribution in [2.24, 2.45) is 0 Å². The molecule has 1 N–H and O–H groups in total. The molecular weight excluding hydrogens is 515 g/mol. The monoisotopic (exact) mass is 535 g/mol. The molecule has 8 nitrogen and oxygen atoms in total. The number of fused-ring (bicyclic) bond motifs is 1. The first-order valence-electron chi connectivity index (χ1n) is 11.0. The summed E-state index contributed by atoms with van der Waals surface area (Å²) in [7, 11) is 1.57. The Bertz CT molecular complexity index is 1580. The molecule has 5 aromatic rings. The summed E-state index contributed by atoms with van der Waals surface area (Å²) in [6, 6.07) is 19.2. The molecule has 0 aliphatic carbocycles. The van der Waals surface area contributed by atoms with Crippen molar-refractivity contribution >= 4 is 55.7 Å². The van der Waals surface area contributed by atoms with Crippen LogP contribution in [0.2, 0.25) is 0 Å². The SMILES string of the molecule is COCc1nnc(NC(=O)CSc2nc3sc(C)c(-c4ccccc4)c3c(=O)n2-c2ccccc2)s1. The number of nitrogens with zero attached hydrogens (tertiary/aromatic N) is 4. The van der Waals surface area contributed by atoms with Gasteiger partial charge in [-0.05, 0) is 24.6 Å². The fourth-order valence-electron chi connectivity index (χ4n) is 3.77. The Hall–Kier alpha value is -3.38. The Morgan fingerprint density at radius 1 is 1.06 bits per heavy atom. The summed E-state index contributed by atoms with van der Waals surface area (Å²) >= 11 is 3.94. The normalized spacial score (nSPS) is 11.2. The molecule has 36 heavy (non-hydrogen) atoms. The second-order valence-electron chi connectivity index (χ2n) is 7.72. The number of aryl methyl sites for hydroxylation is 1. The minimum atomic E-state index is -0.263. The van der Waals surface area contributed by atoms with Crippen LogP contribution in [0.15, 0.2) is 70.6 Å². The number of amides is 1. The second kappa shape index (κ2) is 10.7. The van der Waals surface area contributed by atoms with Crippen molar-refractivity contribution in [3.8, 4) is 16.8 Å². The standard InChI is InChI=1S/C25H21N5O3S3/c1-15-20(16-9-5-3-6-10-16)21-22(35-15)27-25(30(23(21)32)17-11-7-4-8-12-17)34-14-18(31)26-24-29-28-19(36-24)13-33-2/h3-12H,13-14H2,1-2H3,(H,26,29,31). The number of anilines is 1. The summed E-state index contributed by atoms with van der Waals surface area (Å²) in [5.41, 5.74) is 2.40. The lowest BCUT2D eigenvalue weighted by Gasteiger charge is -2.12. The largest absolute Gasteiger partial charge is 0.377 e. The molecule has 2 aromatic carbocycles. The number of methoxy groups -OCH3 is 1. The molecule has 182 valence electrons. The zero-order chi connectivity index (χ0) is 25.1. The molecule has 1 amide bonds. The molecule has 0 saturated heterocycles. The second-order valence-corrected chi connectivity index (χ2v) is 10.9. The highest BCUT2D eigenvalue weighted by atomic mass is 32.2. The van der Waals surface area contributed by atoms with Crippen molar-refractivity contribution in [3.63, 3.8) is 0 Å². The molecule has 0 spiro atoms. The predicted octanol–water partition coefficient (Wildman–Crippen LogP) is 5.15. The third-order valence-electron chi connectivity index (χ3n) is 5.26. The van der Waals surface area contributed by atoms with Gasteiger partial charge in [-0.1, -0.05) is 71.6 Å². The van der Waals surface area contributed by atoms with Crippen LogP contribution < -0.4 is 10.9 Å². The number of benzene rings is 2. The molecule has 0 aliphatic heterocycles. The molecule has 0 fully saturated rings. The smallest absolute Gasteiger partial charge is 0.268 e. The quantitative estimate of drug-likeness (QED) is 0.217. The highest BCUT2D eigenvalue weighted by Gasteiger charge is 2.21. The van der Waals surface area contributed by atoms with Gasteiger partial charge in [-0.3, -0.25) is 19.5 Å². The van der Waals surface area contributed by atoms with Crippen LogP contribution >= 0.6 is 34.4 Å². The fraction of sp³-hybridized carbons (Fsp3) is 0.160. The maximum atomic E-state index is 13.9.